The molecule has 0 saturated carbocycles. The van der Waals surface area contributed by atoms with Crippen molar-refractivity contribution in [2.75, 3.05) is 0 Å². The number of benzene rings is 7. The summed E-state index contributed by atoms with van der Waals surface area (Å²) in [4.78, 5) is 15.3. The number of nitrogens with zero attached hydrogens (tertiary/aromatic N) is 3. The molecule has 0 unspecified atom stereocenters. The Bertz CT molecular complexity index is 3150. The normalized spacial score (nSPS) is 13.1. The first-order valence-corrected chi connectivity index (χ1v) is 18.3. The van der Waals surface area contributed by atoms with Crippen LogP contribution in [0.3, 0.4) is 0 Å². The van der Waals surface area contributed by atoms with E-state index in [4.69, 9.17) is 23.8 Å². The Morgan fingerprint density at radius 2 is 1.07 bits per heavy atom. The van der Waals surface area contributed by atoms with Crippen LogP contribution >= 0.6 is 0 Å². The van der Waals surface area contributed by atoms with Gasteiger partial charge in [-0.25, -0.2) is 15.0 Å². The SMILES string of the molecule is C1=CC(c2ccc(-c3nc(-c4ccccc4)nc(-c4ccc(-c5cccc6c5oc5cc7ccccc7cc56)c5oc6ccccc6c45)n3)cc2)=CCC1. The van der Waals surface area contributed by atoms with Crippen molar-refractivity contribution < 1.29 is 8.83 Å². The number of allylic oxidation sites excluding steroid dienone is 4. The van der Waals surface area contributed by atoms with Crippen LogP contribution in [0.5, 0.6) is 0 Å². The van der Waals surface area contributed by atoms with Crippen molar-refractivity contribution in [3.63, 3.8) is 0 Å². The number of fused-ring (bicyclic) bond motifs is 7. The first-order chi connectivity index (χ1) is 26.7. The first kappa shape index (κ1) is 30.5. The molecule has 54 heavy (non-hydrogen) atoms. The van der Waals surface area contributed by atoms with Crippen LogP contribution in [0.15, 0.2) is 173 Å². The minimum atomic E-state index is 0.581. The summed E-state index contributed by atoms with van der Waals surface area (Å²) in [6, 6.07) is 50.1. The summed E-state index contributed by atoms with van der Waals surface area (Å²) in [6.07, 6.45) is 8.88. The zero-order valence-corrected chi connectivity index (χ0v) is 29.2. The third-order valence-corrected chi connectivity index (χ3v) is 10.6. The maximum absolute atomic E-state index is 6.76. The molecule has 0 spiro atoms. The van der Waals surface area contributed by atoms with Crippen LogP contribution in [0.4, 0.5) is 0 Å². The molecule has 0 saturated heterocycles. The monoisotopic (exact) mass is 693 g/mol. The van der Waals surface area contributed by atoms with Gasteiger partial charge in [0.1, 0.15) is 22.3 Å². The van der Waals surface area contributed by atoms with Crippen LogP contribution in [-0.2, 0) is 0 Å². The van der Waals surface area contributed by atoms with Crippen molar-refractivity contribution in [3.8, 4) is 45.3 Å². The van der Waals surface area contributed by atoms with Gasteiger partial charge in [-0.1, -0.05) is 133 Å². The van der Waals surface area contributed by atoms with E-state index in [0.717, 1.165) is 89.9 Å². The zero-order valence-electron chi connectivity index (χ0n) is 29.2. The number of para-hydroxylation sites is 2. The van der Waals surface area contributed by atoms with Crippen LogP contribution in [-0.4, -0.2) is 15.0 Å². The number of aromatic nitrogens is 3. The van der Waals surface area contributed by atoms with Gasteiger partial charge in [0.2, 0.25) is 0 Å². The molecule has 0 N–H and O–H groups in total. The average Bonchev–Trinajstić information content (AvgIpc) is 3.82. The Balaban J connectivity index is 1.12. The smallest absolute Gasteiger partial charge is 0.164 e. The van der Waals surface area contributed by atoms with Crippen molar-refractivity contribution in [1.29, 1.82) is 0 Å². The highest BCUT2D eigenvalue weighted by molar-refractivity contribution is 6.19. The van der Waals surface area contributed by atoms with Crippen molar-refractivity contribution in [2.45, 2.75) is 12.8 Å². The molecule has 254 valence electrons. The second kappa shape index (κ2) is 12.2. The molecular formula is C49H31N3O2. The van der Waals surface area contributed by atoms with Crippen molar-refractivity contribution in [2.24, 2.45) is 0 Å². The van der Waals surface area contributed by atoms with Crippen LogP contribution < -0.4 is 0 Å². The number of rotatable bonds is 5. The average molecular weight is 694 g/mol. The molecule has 0 aliphatic heterocycles. The Morgan fingerprint density at radius 3 is 1.89 bits per heavy atom. The fraction of sp³-hybridized carbons (Fsp3) is 0.0408. The van der Waals surface area contributed by atoms with E-state index in [2.05, 4.69) is 115 Å². The lowest BCUT2D eigenvalue weighted by atomic mass is 9.96. The van der Waals surface area contributed by atoms with Crippen LogP contribution in [0, 0.1) is 0 Å². The van der Waals surface area contributed by atoms with E-state index in [-0.39, 0.29) is 0 Å². The van der Waals surface area contributed by atoms with E-state index in [1.165, 1.54) is 16.5 Å². The quantitative estimate of drug-likeness (QED) is 0.179. The second-order valence-electron chi connectivity index (χ2n) is 13.8. The molecule has 0 bridgehead atoms. The van der Waals surface area contributed by atoms with Gasteiger partial charge in [-0.2, -0.15) is 0 Å². The third-order valence-electron chi connectivity index (χ3n) is 10.6. The Morgan fingerprint density at radius 1 is 0.426 bits per heavy atom. The van der Waals surface area contributed by atoms with Crippen LogP contribution in [0.2, 0.25) is 0 Å². The summed E-state index contributed by atoms with van der Waals surface area (Å²) in [7, 11) is 0. The molecule has 0 radical (unpaired) electrons. The van der Waals surface area contributed by atoms with Crippen molar-refractivity contribution in [3.05, 3.63) is 169 Å². The van der Waals surface area contributed by atoms with Gasteiger partial charge in [0.05, 0.1) is 0 Å². The summed E-state index contributed by atoms with van der Waals surface area (Å²) in [5, 5.41) is 6.43. The molecule has 0 fully saturated rings. The standard InChI is InChI=1S/C49H31N3O2/c1-3-12-30(13-4-1)31-22-24-33(25-23-31)48-50-47(32-14-5-2-6-15-32)51-49(52-48)40-27-26-38(46-44(40)39-18-9-10-21-42(39)53-46)36-19-11-20-37-41-28-34-16-7-8-17-35(34)29-43(41)54-45(36)37/h2-3,5-29H,1,4H2. The third kappa shape index (κ3) is 4.97. The van der Waals surface area contributed by atoms with Gasteiger partial charge in [0.15, 0.2) is 17.5 Å². The fourth-order valence-electron chi connectivity index (χ4n) is 7.90. The Labute approximate surface area is 310 Å². The molecule has 11 rings (SSSR count). The van der Waals surface area contributed by atoms with Crippen molar-refractivity contribution in [1.82, 2.24) is 15.0 Å². The topological polar surface area (TPSA) is 65.0 Å². The maximum atomic E-state index is 6.76. The molecule has 1 aliphatic carbocycles. The van der Waals surface area contributed by atoms with Crippen LogP contribution in [0.25, 0.3) is 106 Å². The van der Waals surface area contributed by atoms with Gasteiger partial charge in [-0.15, -0.1) is 0 Å². The van der Waals surface area contributed by atoms with E-state index >= 15 is 0 Å². The molecule has 7 aromatic carbocycles. The lowest BCUT2D eigenvalue weighted by Crippen LogP contribution is -2.00. The molecule has 0 atom stereocenters. The molecule has 5 heteroatoms. The lowest BCUT2D eigenvalue weighted by Gasteiger charge is -2.12. The van der Waals surface area contributed by atoms with Gasteiger partial charge in [-0.05, 0) is 65.1 Å². The van der Waals surface area contributed by atoms with E-state index in [1.807, 2.05) is 48.5 Å². The van der Waals surface area contributed by atoms with E-state index in [9.17, 15) is 0 Å². The summed E-state index contributed by atoms with van der Waals surface area (Å²) >= 11 is 0. The van der Waals surface area contributed by atoms with Gasteiger partial charge in [-0.3, -0.25) is 0 Å². The van der Waals surface area contributed by atoms with Crippen molar-refractivity contribution >= 4 is 60.2 Å². The molecule has 10 aromatic rings. The molecule has 3 heterocycles. The van der Waals surface area contributed by atoms with Gasteiger partial charge in [0, 0.05) is 49.4 Å². The summed E-state index contributed by atoms with van der Waals surface area (Å²) in [5.74, 6) is 1.81. The predicted octanol–water partition coefficient (Wildman–Crippen LogP) is 13.2. The highest BCUT2D eigenvalue weighted by Crippen LogP contribution is 2.45. The molecule has 0 amide bonds. The van der Waals surface area contributed by atoms with Gasteiger partial charge < -0.3 is 8.83 Å². The fourth-order valence-corrected chi connectivity index (χ4v) is 7.90. The predicted molar refractivity (Wildman–Crippen MR) is 220 cm³/mol. The first-order valence-electron chi connectivity index (χ1n) is 18.3. The number of hydrogen-bond acceptors (Lipinski definition) is 5. The summed E-state index contributed by atoms with van der Waals surface area (Å²) in [5.41, 5.74) is 10.3. The molecular weight excluding hydrogens is 663 g/mol. The Hall–Kier alpha value is -7.11. The highest BCUT2D eigenvalue weighted by Gasteiger charge is 2.23. The summed E-state index contributed by atoms with van der Waals surface area (Å²) < 4.78 is 13.4. The van der Waals surface area contributed by atoms with E-state index < -0.39 is 0 Å². The minimum Gasteiger partial charge on any atom is -0.455 e. The van der Waals surface area contributed by atoms with Gasteiger partial charge in [0.25, 0.3) is 0 Å². The number of hydrogen-bond donors (Lipinski definition) is 0. The van der Waals surface area contributed by atoms with E-state index in [0.29, 0.717) is 17.5 Å². The largest absolute Gasteiger partial charge is 0.455 e. The van der Waals surface area contributed by atoms with E-state index in [1.54, 1.807) is 0 Å². The maximum Gasteiger partial charge on any atom is 0.164 e. The molecule has 5 nitrogen and oxygen atoms in total. The zero-order chi connectivity index (χ0) is 35.6. The molecule has 3 aromatic heterocycles. The molecule has 1 aliphatic rings. The summed E-state index contributed by atoms with van der Waals surface area (Å²) in [6.45, 7) is 0. The minimum absolute atomic E-state index is 0.581. The lowest BCUT2D eigenvalue weighted by molar-refractivity contribution is 0.665. The second-order valence-corrected chi connectivity index (χ2v) is 13.8. The highest BCUT2D eigenvalue weighted by atomic mass is 16.3. The number of furan rings is 2. The Kier molecular flexibility index (Phi) is 6.92. The van der Waals surface area contributed by atoms with Gasteiger partial charge >= 0.3 is 0 Å². The van der Waals surface area contributed by atoms with Crippen LogP contribution in [0.1, 0.15) is 18.4 Å².